The first-order chi connectivity index (χ1) is 9.11. The van der Waals surface area contributed by atoms with E-state index in [4.69, 9.17) is 0 Å². The van der Waals surface area contributed by atoms with Crippen molar-refractivity contribution in [3.63, 3.8) is 0 Å². The molecule has 1 atom stereocenters. The summed E-state index contributed by atoms with van der Waals surface area (Å²) in [5, 5.41) is 0. The number of carbonyl (C=O) groups excluding carboxylic acids is 1. The summed E-state index contributed by atoms with van der Waals surface area (Å²) in [4.78, 5) is 16.2. The van der Waals surface area contributed by atoms with Crippen LogP contribution in [0.3, 0.4) is 0 Å². The van der Waals surface area contributed by atoms with E-state index in [-0.39, 0.29) is 5.78 Å². The molecule has 1 heterocycles. The smallest absolute Gasteiger partial charge is 0.159 e. The standard InChI is InChI=1S/C16H24N2O/c1-4-15-12-17(3)10-5-11-18(15)16-8-6-14(7-9-16)13(2)19/h6-9,15H,4-5,10-12H2,1-3H3. The Bertz CT molecular complexity index is 427. The predicted octanol–water partition coefficient (Wildman–Crippen LogP) is 2.81. The van der Waals surface area contributed by atoms with Gasteiger partial charge in [-0.25, -0.2) is 0 Å². The van der Waals surface area contributed by atoms with Crippen LogP contribution in [0.25, 0.3) is 0 Å². The molecule has 0 radical (unpaired) electrons. The lowest BCUT2D eigenvalue weighted by Crippen LogP contribution is -2.39. The SMILES string of the molecule is CCC1CN(C)CCCN1c1ccc(C(C)=O)cc1. The Balaban J connectivity index is 2.20. The topological polar surface area (TPSA) is 23.6 Å². The Morgan fingerprint density at radius 3 is 2.53 bits per heavy atom. The molecule has 0 bridgehead atoms. The third-order valence-corrected chi connectivity index (χ3v) is 3.98. The second kappa shape index (κ2) is 6.20. The zero-order chi connectivity index (χ0) is 13.8. The maximum atomic E-state index is 11.3. The molecule has 1 aliphatic heterocycles. The molecule has 1 fully saturated rings. The van der Waals surface area contributed by atoms with Crippen LogP contribution >= 0.6 is 0 Å². The van der Waals surface area contributed by atoms with Gasteiger partial charge in [0.05, 0.1) is 0 Å². The van der Waals surface area contributed by atoms with Crippen LogP contribution in [0.4, 0.5) is 5.69 Å². The number of carbonyl (C=O) groups is 1. The molecule has 19 heavy (non-hydrogen) atoms. The van der Waals surface area contributed by atoms with Gasteiger partial charge in [-0.15, -0.1) is 0 Å². The first-order valence-electron chi connectivity index (χ1n) is 7.18. The molecule has 0 amide bonds. The van der Waals surface area contributed by atoms with Crippen LogP contribution in [-0.4, -0.2) is 43.4 Å². The number of hydrogen-bond acceptors (Lipinski definition) is 3. The van der Waals surface area contributed by atoms with Gasteiger partial charge in [-0.1, -0.05) is 6.92 Å². The van der Waals surface area contributed by atoms with Gasteiger partial charge >= 0.3 is 0 Å². The minimum Gasteiger partial charge on any atom is -0.367 e. The summed E-state index contributed by atoms with van der Waals surface area (Å²) in [6.07, 6.45) is 2.35. The zero-order valence-corrected chi connectivity index (χ0v) is 12.2. The summed E-state index contributed by atoms with van der Waals surface area (Å²) in [5.41, 5.74) is 2.04. The maximum Gasteiger partial charge on any atom is 0.159 e. The lowest BCUT2D eigenvalue weighted by molar-refractivity contribution is 0.101. The van der Waals surface area contributed by atoms with Gasteiger partial charge in [0.1, 0.15) is 0 Å². The van der Waals surface area contributed by atoms with Crippen LogP contribution in [0, 0.1) is 0 Å². The van der Waals surface area contributed by atoms with Crippen LogP contribution in [0.2, 0.25) is 0 Å². The summed E-state index contributed by atoms with van der Waals surface area (Å²) < 4.78 is 0. The third kappa shape index (κ3) is 3.35. The van der Waals surface area contributed by atoms with Gasteiger partial charge in [-0.3, -0.25) is 4.79 Å². The van der Waals surface area contributed by atoms with Crippen molar-refractivity contribution in [1.82, 2.24) is 4.90 Å². The molecule has 0 N–H and O–H groups in total. The number of nitrogens with zero attached hydrogens (tertiary/aromatic N) is 2. The zero-order valence-electron chi connectivity index (χ0n) is 12.2. The second-order valence-electron chi connectivity index (χ2n) is 5.47. The van der Waals surface area contributed by atoms with Crippen LogP contribution in [0.5, 0.6) is 0 Å². The van der Waals surface area contributed by atoms with E-state index in [1.807, 2.05) is 12.1 Å². The fraction of sp³-hybridized carbons (Fsp3) is 0.562. The number of anilines is 1. The van der Waals surface area contributed by atoms with Crippen LogP contribution in [-0.2, 0) is 0 Å². The minimum atomic E-state index is 0.134. The summed E-state index contributed by atoms with van der Waals surface area (Å²) in [6.45, 7) is 7.25. The fourth-order valence-corrected chi connectivity index (χ4v) is 2.82. The number of benzene rings is 1. The molecule has 1 aromatic carbocycles. The van der Waals surface area contributed by atoms with Gasteiger partial charge in [-0.2, -0.15) is 0 Å². The molecule has 104 valence electrons. The van der Waals surface area contributed by atoms with E-state index in [2.05, 4.69) is 35.9 Å². The average Bonchev–Trinajstić information content (AvgIpc) is 2.60. The average molecular weight is 260 g/mol. The minimum absolute atomic E-state index is 0.134. The molecule has 3 nitrogen and oxygen atoms in total. The molecule has 2 rings (SSSR count). The number of hydrogen-bond donors (Lipinski definition) is 0. The molecular weight excluding hydrogens is 236 g/mol. The van der Waals surface area contributed by atoms with E-state index in [0.717, 1.165) is 25.1 Å². The largest absolute Gasteiger partial charge is 0.367 e. The first kappa shape index (κ1) is 14.1. The van der Waals surface area contributed by atoms with Gasteiger partial charge < -0.3 is 9.80 Å². The third-order valence-electron chi connectivity index (χ3n) is 3.98. The van der Waals surface area contributed by atoms with Crippen molar-refractivity contribution in [3.8, 4) is 0 Å². The molecule has 0 aliphatic carbocycles. The van der Waals surface area contributed by atoms with E-state index >= 15 is 0 Å². The lowest BCUT2D eigenvalue weighted by Gasteiger charge is -2.32. The fourth-order valence-electron chi connectivity index (χ4n) is 2.82. The van der Waals surface area contributed by atoms with E-state index in [1.54, 1.807) is 6.92 Å². The molecule has 1 unspecified atom stereocenters. The highest BCUT2D eigenvalue weighted by Crippen LogP contribution is 2.22. The predicted molar refractivity (Wildman–Crippen MR) is 80.0 cm³/mol. The molecule has 1 saturated heterocycles. The van der Waals surface area contributed by atoms with Crippen molar-refractivity contribution < 1.29 is 4.79 Å². The van der Waals surface area contributed by atoms with Crippen molar-refractivity contribution in [2.45, 2.75) is 32.7 Å². The van der Waals surface area contributed by atoms with Crippen molar-refractivity contribution in [2.75, 3.05) is 31.6 Å². The van der Waals surface area contributed by atoms with E-state index in [1.165, 1.54) is 18.7 Å². The Morgan fingerprint density at radius 1 is 1.26 bits per heavy atom. The van der Waals surface area contributed by atoms with Crippen molar-refractivity contribution >= 4 is 11.5 Å². The van der Waals surface area contributed by atoms with Crippen LogP contribution in [0.15, 0.2) is 24.3 Å². The molecule has 1 aromatic rings. The molecule has 3 heteroatoms. The number of rotatable bonds is 3. The van der Waals surface area contributed by atoms with Gasteiger partial charge in [-0.05, 0) is 57.6 Å². The Morgan fingerprint density at radius 2 is 1.95 bits per heavy atom. The van der Waals surface area contributed by atoms with Crippen LogP contribution < -0.4 is 4.90 Å². The van der Waals surface area contributed by atoms with Crippen LogP contribution in [0.1, 0.15) is 37.0 Å². The van der Waals surface area contributed by atoms with Gasteiger partial charge in [0.15, 0.2) is 5.78 Å². The molecule has 0 aromatic heterocycles. The summed E-state index contributed by atoms with van der Waals surface area (Å²) in [6, 6.07) is 8.63. The van der Waals surface area contributed by atoms with E-state index in [9.17, 15) is 4.79 Å². The number of likely N-dealkylation sites (N-methyl/N-ethyl adjacent to an activating group) is 1. The Labute approximate surface area is 116 Å². The van der Waals surface area contributed by atoms with Crippen molar-refractivity contribution in [2.24, 2.45) is 0 Å². The highest BCUT2D eigenvalue weighted by atomic mass is 16.1. The summed E-state index contributed by atoms with van der Waals surface area (Å²) >= 11 is 0. The van der Waals surface area contributed by atoms with E-state index < -0.39 is 0 Å². The molecule has 0 spiro atoms. The molecular formula is C16H24N2O. The van der Waals surface area contributed by atoms with Crippen molar-refractivity contribution in [1.29, 1.82) is 0 Å². The van der Waals surface area contributed by atoms with Gasteiger partial charge in [0.25, 0.3) is 0 Å². The van der Waals surface area contributed by atoms with Crippen molar-refractivity contribution in [3.05, 3.63) is 29.8 Å². The summed E-state index contributed by atoms with van der Waals surface area (Å²) in [5.74, 6) is 0.134. The lowest BCUT2D eigenvalue weighted by atomic mass is 10.1. The van der Waals surface area contributed by atoms with E-state index in [0.29, 0.717) is 6.04 Å². The first-order valence-corrected chi connectivity index (χ1v) is 7.18. The monoisotopic (exact) mass is 260 g/mol. The molecule has 1 aliphatic rings. The highest BCUT2D eigenvalue weighted by Gasteiger charge is 2.22. The highest BCUT2D eigenvalue weighted by molar-refractivity contribution is 5.94. The Kier molecular flexibility index (Phi) is 4.59. The molecule has 0 saturated carbocycles. The second-order valence-corrected chi connectivity index (χ2v) is 5.47. The number of ketones is 1. The van der Waals surface area contributed by atoms with Gasteiger partial charge in [0.2, 0.25) is 0 Å². The summed E-state index contributed by atoms with van der Waals surface area (Å²) in [7, 11) is 2.20. The Hall–Kier alpha value is -1.35. The number of Topliss-reactive ketones (excluding diaryl/α,β-unsaturated/α-hetero) is 1. The quantitative estimate of drug-likeness (QED) is 0.781. The normalized spacial score (nSPS) is 21.2. The van der Waals surface area contributed by atoms with Gasteiger partial charge in [0, 0.05) is 30.4 Å². The maximum absolute atomic E-state index is 11.3.